The van der Waals surface area contributed by atoms with Gasteiger partial charge in [0.15, 0.2) is 6.61 Å². The molecule has 13 nitrogen and oxygen atoms in total. The molecule has 0 radical (unpaired) electrons. The lowest BCUT2D eigenvalue weighted by Crippen LogP contribution is -2.45. The summed E-state index contributed by atoms with van der Waals surface area (Å²) in [5.74, 6) is 1.17. The van der Waals surface area contributed by atoms with Crippen molar-refractivity contribution >= 4 is 29.6 Å². The number of nitriles is 1. The fraction of sp³-hybridized carbons (Fsp3) is 0.483. The average Bonchev–Trinajstić information content (AvgIpc) is 3.44. The number of rotatable bonds is 12. The van der Waals surface area contributed by atoms with Crippen LogP contribution in [0.3, 0.4) is 0 Å². The van der Waals surface area contributed by atoms with E-state index in [4.69, 9.17) is 42.0 Å². The molecule has 1 saturated carbocycles. The molecule has 43 heavy (non-hydrogen) atoms. The van der Waals surface area contributed by atoms with E-state index in [2.05, 4.69) is 25.3 Å². The molecule has 5 rings (SSSR count). The van der Waals surface area contributed by atoms with Gasteiger partial charge in [-0.05, 0) is 50.3 Å². The van der Waals surface area contributed by atoms with Crippen LogP contribution in [0, 0.1) is 22.3 Å². The fourth-order valence-electron chi connectivity index (χ4n) is 5.50. The first-order valence-corrected chi connectivity index (χ1v) is 14.8. The first-order valence-electron chi connectivity index (χ1n) is 14.4. The molecule has 2 aromatic heterocycles. The van der Waals surface area contributed by atoms with Crippen LogP contribution in [0.15, 0.2) is 36.8 Å². The Hall–Kier alpha value is -4.12. The zero-order valence-corrected chi connectivity index (χ0v) is 24.8. The monoisotopic (exact) mass is 607 g/mol. The summed E-state index contributed by atoms with van der Waals surface area (Å²) in [7, 11) is 0. The highest BCUT2D eigenvalue weighted by atomic mass is 35.5. The number of hydrogen-bond donors (Lipinski definition) is 3. The molecule has 0 amide bonds. The van der Waals surface area contributed by atoms with Crippen LogP contribution in [0.2, 0.25) is 5.02 Å². The third kappa shape index (κ3) is 7.84. The normalized spacial score (nSPS) is 19.7. The van der Waals surface area contributed by atoms with Crippen LogP contribution in [0.1, 0.15) is 38.6 Å². The highest BCUT2D eigenvalue weighted by Gasteiger charge is 2.29. The number of anilines is 2. The predicted octanol–water partition coefficient (Wildman–Crippen LogP) is 4.87. The van der Waals surface area contributed by atoms with E-state index in [-0.39, 0.29) is 25.3 Å². The first kappa shape index (κ1) is 30.3. The standard InChI is InChI=1S/C29H36ClN10O3/c1-20(17-39(33)19-32)43-27-14-21(2-7-25(27)30)22-15-34-29(35-16-22)36-26-18-40(37-28(26)42-11-8-31)24-5-3-23(4-6-24)38-9-12-41-13-10-38/h2,7,14-16,18-20,23-24,32-33H,3-6,9-13,17H2,1H3,(H,34,35,36)/q+1/t20-,23?,24?/m0/s1. The Balaban J connectivity index is 1.25. The van der Waals surface area contributed by atoms with Crippen molar-refractivity contribution in [3.05, 3.63) is 41.8 Å². The topological polar surface area (TPSA) is 161 Å². The van der Waals surface area contributed by atoms with Crippen LogP contribution < -0.4 is 14.8 Å². The largest absolute Gasteiger partial charge is 0.485 e. The van der Waals surface area contributed by atoms with Crippen molar-refractivity contribution < 1.29 is 18.9 Å². The van der Waals surface area contributed by atoms with Crippen molar-refractivity contribution in [3.63, 3.8) is 0 Å². The van der Waals surface area contributed by atoms with E-state index in [9.17, 15) is 0 Å². The van der Waals surface area contributed by atoms with Gasteiger partial charge in [0, 0.05) is 37.1 Å². The van der Waals surface area contributed by atoms with Crippen LogP contribution in [0.25, 0.3) is 11.1 Å². The summed E-state index contributed by atoms with van der Waals surface area (Å²) in [6.07, 6.45) is 10.1. The SMILES string of the molecule is C[C@@H](C[N+](=N)C=N)Oc1cc(-c2cnc(Nc3cn(C4CCC(N5CCOCC5)CC4)nc3OCC#N)nc2)ccc1Cl. The summed E-state index contributed by atoms with van der Waals surface area (Å²) < 4.78 is 20.0. The number of nitrogens with zero attached hydrogens (tertiary/aromatic N) is 7. The molecule has 2 aliphatic rings. The molecule has 1 aliphatic carbocycles. The van der Waals surface area contributed by atoms with Crippen LogP contribution in [0.5, 0.6) is 11.6 Å². The highest BCUT2D eigenvalue weighted by molar-refractivity contribution is 6.32. The second-order valence-electron chi connectivity index (χ2n) is 10.7. The predicted molar refractivity (Wildman–Crippen MR) is 160 cm³/mol. The average molecular weight is 608 g/mol. The van der Waals surface area contributed by atoms with Gasteiger partial charge in [0.1, 0.15) is 30.2 Å². The molecule has 1 saturated heterocycles. The Morgan fingerprint density at radius 3 is 2.60 bits per heavy atom. The quantitative estimate of drug-likeness (QED) is 0.113. The zero-order chi connectivity index (χ0) is 30.2. The molecule has 3 heterocycles. The zero-order valence-electron chi connectivity index (χ0n) is 24.1. The van der Waals surface area contributed by atoms with Gasteiger partial charge in [0.2, 0.25) is 5.95 Å². The van der Waals surface area contributed by atoms with Gasteiger partial charge in [-0.15, -0.1) is 20.7 Å². The smallest absolute Gasteiger partial charge is 0.297 e. The van der Waals surface area contributed by atoms with E-state index in [1.165, 1.54) is 0 Å². The molecule has 0 spiro atoms. The molecule has 1 atom stereocenters. The van der Waals surface area contributed by atoms with Crippen LogP contribution in [-0.2, 0) is 4.74 Å². The lowest BCUT2D eigenvalue weighted by Gasteiger charge is -2.38. The minimum Gasteiger partial charge on any atom is -0.485 e. The third-order valence-electron chi connectivity index (χ3n) is 7.67. The number of halogens is 1. The Labute approximate surface area is 255 Å². The molecule has 14 heteroatoms. The molecular weight excluding hydrogens is 572 g/mol. The van der Waals surface area contributed by atoms with Crippen molar-refractivity contribution in [1.29, 1.82) is 16.2 Å². The van der Waals surface area contributed by atoms with Gasteiger partial charge in [0.05, 0.1) is 30.5 Å². The first-order chi connectivity index (χ1) is 20.9. The van der Waals surface area contributed by atoms with Crippen LogP contribution >= 0.6 is 11.6 Å². The van der Waals surface area contributed by atoms with Crippen molar-refractivity contribution in [1.82, 2.24) is 24.6 Å². The van der Waals surface area contributed by atoms with E-state index >= 15 is 0 Å². The van der Waals surface area contributed by atoms with Gasteiger partial charge in [-0.2, -0.15) is 5.26 Å². The van der Waals surface area contributed by atoms with E-state index < -0.39 is 0 Å². The maximum atomic E-state index is 9.09. The Kier molecular flexibility index (Phi) is 10.1. The lowest BCUT2D eigenvalue weighted by molar-refractivity contribution is -0.505. The number of morpholine rings is 1. The second kappa shape index (κ2) is 14.4. The molecule has 226 valence electrons. The van der Waals surface area contributed by atoms with Gasteiger partial charge < -0.3 is 19.5 Å². The Morgan fingerprint density at radius 2 is 1.91 bits per heavy atom. The molecule has 3 aromatic rings. The summed E-state index contributed by atoms with van der Waals surface area (Å²) >= 11 is 6.35. The molecule has 0 bridgehead atoms. The van der Waals surface area contributed by atoms with Gasteiger partial charge in [0.25, 0.3) is 12.2 Å². The number of benzene rings is 1. The highest BCUT2D eigenvalue weighted by Crippen LogP contribution is 2.35. The number of aromatic nitrogens is 4. The second-order valence-corrected chi connectivity index (χ2v) is 11.1. The molecular formula is C29H36ClN10O3+. The minimum absolute atomic E-state index is 0.115. The van der Waals surface area contributed by atoms with Crippen molar-refractivity contribution in [2.45, 2.75) is 50.8 Å². The number of nitrogens with one attached hydrogen (secondary N) is 3. The Morgan fingerprint density at radius 1 is 1.19 bits per heavy atom. The molecule has 0 unspecified atom stereocenters. The van der Waals surface area contributed by atoms with Crippen molar-refractivity contribution in [2.24, 2.45) is 0 Å². The van der Waals surface area contributed by atoms with Crippen molar-refractivity contribution in [2.75, 3.05) is 44.8 Å². The van der Waals surface area contributed by atoms with Gasteiger partial charge in [-0.3, -0.25) is 9.58 Å². The maximum Gasteiger partial charge on any atom is 0.297 e. The molecule has 3 N–H and O–H groups in total. The summed E-state index contributed by atoms with van der Waals surface area (Å²) in [6, 6.07) is 8.23. The van der Waals surface area contributed by atoms with Gasteiger partial charge in [-0.25, -0.2) is 9.97 Å². The minimum atomic E-state index is -0.354. The van der Waals surface area contributed by atoms with Crippen LogP contribution in [-0.4, -0.2) is 87.3 Å². The van der Waals surface area contributed by atoms with E-state index in [0.29, 0.717) is 34.3 Å². The van der Waals surface area contributed by atoms with E-state index in [1.54, 1.807) is 24.5 Å². The fourth-order valence-corrected chi connectivity index (χ4v) is 5.67. The molecule has 2 fully saturated rings. The van der Waals surface area contributed by atoms with Crippen LogP contribution in [0.4, 0.5) is 11.6 Å². The van der Waals surface area contributed by atoms with Gasteiger partial charge in [-0.1, -0.05) is 17.7 Å². The summed E-state index contributed by atoms with van der Waals surface area (Å²) in [5.41, 5.74) is 9.78. The summed E-state index contributed by atoms with van der Waals surface area (Å²) in [6.45, 7) is 5.54. The van der Waals surface area contributed by atoms with E-state index in [0.717, 1.165) is 74.1 Å². The van der Waals surface area contributed by atoms with E-state index in [1.807, 2.05) is 29.9 Å². The summed E-state index contributed by atoms with van der Waals surface area (Å²) in [5, 5.41) is 24.6. The molecule has 1 aromatic carbocycles. The summed E-state index contributed by atoms with van der Waals surface area (Å²) in [4.78, 5) is 11.5. The third-order valence-corrected chi connectivity index (χ3v) is 7.99. The lowest BCUT2D eigenvalue weighted by atomic mass is 9.90. The molecule has 1 aliphatic heterocycles. The maximum absolute atomic E-state index is 9.09. The number of ether oxygens (including phenoxy) is 3. The number of hydrogen-bond acceptors (Lipinski definition) is 11. The van der Waals surface area contributed by atoms with Crippen molar-refractivity contribution in [3.8, 4) is 28.8 Å². The Bertz CT molecular complexity index is 1440. The van der Waals surface area contributed by atoms with Gasteiger partial charge >= 0.3 is 0 Å².